The maximum atomic E-state index is 13.3. The fourth-order valence-corrected chi connectivity index (χ4v) is 2.98. The van der Waals surface area contributed by atoms with E-state index in [0.717, 1.165) is 33.8 Å². The van der Waals surface area contributed by atoms with E-state index in [9.17, 15) is 4.39 Å². The fourth-order valence-electron chi connectivity index (χ4n) is 2.98. The van der Waals surface area contributed by atoms with Gasteiger partial charge in [0.1, 0.15) is 17.3 Å². The second-order valence-electron chi connectivity index (χ2n) is 6.94. The highest BCUT2D eigenvalue weighted by molar-refractivity contribution is 5.66. The molecule has 0 aliphatic carbocycles. The van der Waals surface area contributed by atoms with Crippen LogP contribution in [0, 0.1) is 5.82 Å². The molecule has 0 saturated heterocycles. The topological polar surface area (TPSA) is 36.9 Å². The van der Waals surface area contributed by atoms with Crippen LogP contribution in [0.1, 0.15) is 16.7 Å². The van der Waals surface area contributed by atoms with E-state index in [-0.39, 0.29) is 5.82 Å². The molecule has 5 heteroatoms. The Morgan fingerprint density at radius 2 is 1.23 bits per heavy atom. The van der Waals surface area contributed by atoms with Crippen LogP contribution in [-0.2, 0) is 22.7 Å². The zero-order valence-electron chi connectivity index (χ0n) is 17.8. The molecule has 0 N–H and O–H groups in total. The summed E-state index contributed by atoms with van der Waals surface area (Å²) in [5.41, 5.74) is 3.97. The largest absolute Gasteiger partial charge is 0.497 e. The number of halogens is 1. The van der Waals surface area contributed by atoms with E-state index in [1.807, 2.05) is 54.6 Å². The number of hydrogen-bond acceptors (Lipinski definition) is 4. The average Bonchev–Trinajstić information content (AvgIpc) is 2.82. The molecule has 4 nitrogen and oxygen atoms in total. The van der Waals surface area contributed by atoms with Crippen molar-refractivity contribution in [2.45, 2.75) is 13.2 Å². The van der Waals surface area contributed by atoms with Crippen LogP contribution in [0.25, 0.3) is 5.57 Å². The van der Waals surface area contributed by atoms with Crippen molar-refractivity contribution in [3.8, 4) is 11.5 Å². The number of benzene rings is 3. The molecule has 0 aliphatic rings. The maximum absolute atomic E-state index is 13.3. The van der Waals surface area contributed by atoms with Crippen LogP contribution in [0.4, 0.5) is 4.39 Å². The predicted octanol–water partition coefficient (Wildman–Crippen LogP) is 5.66. The molecular formula is C26H27FO4. The van der Waals surface area contributed by atoms with E-state index in [0.29, 0.717) is 26.4 Å². The summed E-state index contributed by atoms with van der Waals surface area (Å²) >= 11 is 0. The number of ether oxygens (including phenoxy) is 4. The Labute approximate surface area is 182 Å². The maximum Gasteiger partial charge on any atom is 0.123 e. The van der Waals surface area contributed by atoms with E-state index in [2.05, 4.69) is 0 Å². The van der Waals surface area contributed by atoms with Crippen LogP contribution >= 0.6 is 0 Å². The van der Waals surface area contributed by atoms with Gasteiger partial charge in [-0.05, 0) is 58.7 Å². The van der Waals surface area contributed by atoms with Crippen LogP contribution in [0.3, 0.4) is 0 Å². The van der Waals surface area contributed by atoms with Crippen LogP contribution < -0.4 is 9.47 Å². The Morgan fingerprint density at radius 3 is 1.74 bits per heavy atom. The molecule has 0 heterocycles. The van der Waals surface area contributed by atoms with Gasteiger partial charge < -0.3 is 18.9 Å². The van der Waals surface area contributed by atoms with E-state index < -0.39 is 0 Å². The number of rotatable bonds is 11. The summed E-state index contributed by atoms with van der Waals surface area (Å²) in [5.74, 6) is 1.36. The Bertz CT molecular complexity index is 948. The molecule has 3 aromatic carbocycles. The van der Waals surface area contributed by atoms with Gasteiger partial charge in [0, 0.05) is 0 Å². The molecule has 31 heavy (non-hydrogen) atoms. The zero-order valence-corrected chi connectivity index (χ0v) is 17.8. The summed E-state index contributed by atoms with van der Waals surface area (Å²) in [7, 11) is 3.28. The van der Waals surface area contributed by atoms with Gasteiger partial charge in [0.15, 0.2) is 0 Å². The Hall–Kier alpha value is -3.15. The molecule has 0 bridgehead atoms. The van der Waals surface area contributed by atoms with Crippen molar-refractivity contribution in [2.75, 3.05) is 27.4 Å². The van der Waals surface area contributed by atoms with Crippen molar-refractivity contribution in [3.63, 3.8) is 0 Å². The van der Waals surface area contributed by atoms with Gasteiger partial charge in [-0.25, -0.2) is 4.39 Å². The standard InChI is InChI=1S/C26H27FO4/c1-28-25-11-3-20(4-12-25)17-30-16-15-23(22-7-9-24(27)10-8-22)19-31-18-21-5-13-26(29-2)14-6-21/h3-15H,16-19H2,1-2H3/b23-15+. The zero-order chi connectivity index (χ0) is 21.9. The van der Waals surface area contributed by atoms with Crippen molar-refractivity contribution >= 4 is 5.57 Å². The van der Waals surface area contributed by atoms with E-state index in [1.165, 1.54) is 12.1 Å². The summed E-state index contributed by atoms with van der Waals surface area (Å²) in [6, 6.07) is 21.9. The first-order chi connectivity index (χ1) is 15.2. The predicted molar refractivity (Wildman–Crippen MR) is 120 cm³/mol. The lowest BCUT2D eigenvalue weighted by Crippen LogP contribution is -2.01. The number of hydrogen-bond donors (Lipinski definition) is 0. The van der Waals surface area contributed by atoms with Gasteiger partial charge in [-0.2, -0.15) is 0 Å². The lowest BCUT2D eigenvalue weighted by Gasteiger charge is -2.11. The molecule has 0 atom stereocenters. The van der Waals surface area contributed by atoms with Gasteiger partial charge >= 0.3 is 0 Å². The highest BCUT2D eigenvalue weighted by Gasteiger charge is 2.04. The van der Waals surface area contributed by atoms with E-state index in [1.54, 1.807) is 26.4 Å². The Kier molecular flexibility index (Phi) is 8.64. The minimum atomic E-state index is -0.266. The molecule has 0 unspecified atom stereocenters. The second kappa shape index (κ2) is 11.9. The monoisotopic (exact) mass is 422 g/mol. The molecule has 0 saturated carbocycles. The summed E-state index contributed by atoms with van der Waals surface area (Å²) in [5, 5.41) is 0. The van der Waals surface area contributed by atoms with Crippen LogP contribution in [0.2, 0.25) is 0 Å². The minimum absolute atomic E-state index is 0.266. The van der Waals surface area contributed by atoms with Crippen LogP contribution in [0.5, 0.6) is 11.5 Å². The van der Waals surface area contributed by atoms with Crippen molar-refractivity contribution in [1.29, 1.82) is 0 Å². The molecule has 0 radical (unpaired) electrons. The molecule has 0 spiro atoms. The molecule has 162 valence electrons. The fraction of sp³-hybridized carbons (Fsp3) is 0.231. The van der Waals surface area contributed by atoms with Crippen LogP contribution in [-0.4, -0.2) is 27.4 Å². The first-order valence-corrected chi connectivity index (χ1v) is 10.0. The van der Waals surface area contributed by atoms with Gasteiger partial charge in [0.2, 0.25) is 0 Å². The third-order valence-electron chi connectivity index (χ3n) is 4.78. The van der Waals surface area contributed by atoms with Crippen molar-refractivity contribution in [1.82, 2.24) is 0 Å². The van der Waals surface area contributed by atoms with Gasteiger partial charge in [-0.1, -0.05) is 42.5 Å². The SMILES string of the molecule is COc1ccc(COC/C=C(\COCc2ccc(OC)cc2)c2ccc(F)cc2)cc1. The van der Waals surface area contributed by atoms with Gasteiger partial charge in [0.05, 0.1) is 40.6 Å². The summed E-state index contributed by atoms with van der Waals surface area (Å²) < 4.78 is 35.4. The first kappa shape index (κ1) is 22.5. The molecule has 3 aromatic rings. The first-order valence-electron chi connectivity index (χ1n) is 10.0. The molecule has 0 amide bonds. The molecule has 0 aliphatic heterocycles. The smallest absolute Gasteiger partial charge is 0.123 e. The lowest BCUT2D eigenvalue weighted by atomic mass is 10.1. The van der Waals surface area contributed by atoms with Gasteiger partial charge in [-0.3, -0.25) is 0 Å². The second-order valence-corrected chi connectivity index (χ2v) is 6.94. The summed E-state index contributed by atoms with van der Waals surface area (Å²) in [6.07, 6.45) is 1.98. The van der Waals surface area contributed by atoms with Crippen molar-refractivity contribution in [2.24, 2.45) is 0 Å². The normalized spacial score (nSPS) is 11.4. The summed E-state index contributed by atoms with van der Waals surface area (Å²) in [4.78, 5) is 0. The van der Waals surface area contributed by atoms with Crippen LogP contribution in [0.15, 0.2) is 78.9 Å². The third kappa shape index (κ3) is 7.24. The lowest BCUT2D eigenvalue weighted by molar-refractivity contribution is 0.143. The highest BCUT2D eigenvalue weighted by atomic mass is 19.1. The Balaban J connectivity index is 1.57. The van der Waals surface area contributed by atoms with Gasteiger partial charge in [0.25, 0.3) is 0 Å². The van der Waals surface area contributed by atoms with Crippen molar-refractivity contribution in [3.05, 3.63) is 101 Å². The molecule has 0 aromatic heterocycles. The van der Waals surface area contributed by atoms with E-state index >= 15 is 0 Å². The molecular weight excluding hydrogens is 395 g/mol. The molecule has 0 fully saturated rings. The third-order valence-corrected chi connectivity index (χ3v) is 4.78. The Morgan fingerprint density at radius 1 is 0.710 bits per heavy atom. The average molecular weight is 422 g/mol. The summed E-state index contributed by atoms with van der Waals surface area (Å²) in [6.45, 7) is 1.77. The quantitative estimate of drug-likeness (QED) is 0.374. The van der Waals surface area contributed by atoms with Crippen molar-refractivity contribution < 1.29 is 23.3 Å². The minimum Gasteiger partial charge on any atom is -0.497 e. The molecule has 3 rings (SSSR count). The highest BCUT2D eigenvalue weighted by Crippen LogP contribution is 2.18. The van der Waals surface area contributed by atoms with E-state index in [4.69, 9.17) is 18.9 Å². The number of methoxy groups -OCH3 is 2. The van der Waals surface area contributed by atoms with Gasteiger partial charge in [-0.15, -0.1) is 0 Å².